The van der Waals surface area contributed by atoms with E-state index in [1.807, 2.05) is 0 Å². The molecule has 9 heteroatoms. The fourth-order valence-electron chi connectivity index (χ4n) is 1.71. The average Bonchev–Trinajstić information content (AvgIpc) is 3.04. The van der Waals surface area contributed by atoms with Gasteiger partial charge in [0.25, 0.3) is 0 Å². The molecule has 0 amide bonds. The van der Waals surface area contributed by atoms with Crippen molar-refractivity contribution in [3.05, 3.63) is 0 Å². The molecule has 0 saturated heterocycles. The molecule has 0 radical (unpaired) electrons. The smallest absolute Gasteiger partial charge is 0.320 e. The molecule has 0 heterocycles. The molecule has 18 heavy (non-hydrogen) atoms. The molecular weight excluding hydrogens is 265 g/mol. The van der Waals surface area contributed by atoms with Crippen molar-refractivity contribution in [1.82, 2.24) is 0 Å². The van der Waals surface area contributed by atoms with Crippen molar-refractivity contribution in [3.63, 3.8) is 0 Å². The van der Waals surface area contributed by atoms with E-state index in [1.54, 1.807) is 0 Å². The topological polar surface area (TPSA) is 158 Å². The van der Waals surface area contributed by atoms with Crippen molar-refractivity contribution in [3.8, 4) is 0 Å². The Hall–Kier alpha value is -0.950. The zero-order chi connectivity index (χ0) is 14.1. The van der Waals surface area contributed by atoms with Crippen LogP contribution in [0, 0.1) is 11.8 Å². The van der Waals surface area contributed by atoms with Crippen LogP contribution in [0.5, 0.6) is 0 Å². The van der Waals surface area contributed by atoms with Gasteiger partial charge in [-0.25, -0.2) is 0 Å². The third-order valence-electron chi connectivity index (χ3n) is 3.03. The first kappa shape index (κ1) is 15.1. The molecule has 5 atom stereocenters. The normalized spacial score (nSPS) is 29.1. The maximum absolute atomic E-state index is 11.8. The highest BCUT2D eigenvalue weighted by atomic mass is 31.2. The summed E-state index contributed by atoms with van der Waals surface area (Å²) in [6.07, 6.45) is -0.527. The molecule has 0 aromatic heterocycles. The van der Waals surface area contributed by atoms with Gasteiger partial charge in [0.1, 0.15) is 11.9 Å². The summed E-state index contributed by atoms with van der Waals surface area (Å²) in [4.78, 5) is 30.6. The van der Waals surface area contributed by atoms with Gasteiger partial charge >= 0.3 is 11.9 Å². The maximum atomic E-state index is 11.8. The molecule has 6 N–H and O–H groups in total. The van der Waals surface area contributed by atoms with Gasteiger partial charge in [0, 0.05) is 12.1 Å². The van der Waals surface area contributed by atoms with Crippen LogP contribution in [-0.4, -0.2) is 50.2 Å². The second-order valence-corrected chi connectivity index (χ2v) is 6.96. The molecule has 1 aliphatic rings. The van der Waals surface area contributed by atoms with Crippen molar-refractivity contribution < 1.29 is 34.4 Å². The number of nitrogens with two attached hydrogens (primary N) is 1. The molecule has 0 aromatic rings. The van der Waals surface area contributed by atoms with Crippen LogP contribution in [0.15, 0.2) is 0 Å². The van der Waals surface area contributed by atoms with Crippen LogP contribution in [0.1, 0.15) is 12.8 Å². The van der Waals surface area contributed by atoms with Crippen molar-refractivity contribution >= 4 is 19.3 Å². The predicted octanol–water partition coefficient (Wildman–Crippen LogP) is -0.902. The van der Waals surface area contributed by atoms with Gasteiger partial charge in [-0.2, -0.15) is 0 Å². The number of hydrogen-bond acceptors (Lipinski definition) is 5. The molecule has 0 aromatic carbocycles. The van der Waals surface area contributed by atoms with Crippen molar-refractivity contribution in [1.29, 1.82) is 0 Å². The van der Waals surface area contributed by atoms with E-state index >= 15 is 0 Å². The Morgan fingerprint density at radius 1 is 1.39 bits per heavy atom. The van der Waals surface area contributed by atoms with Crippen molar-refractivity contribution in [2.24, 2.45) is 17.6 Å². The Kier molecular flexibility index (Phi) is 4.50. The number of rotatable bonds is 7. The lowest BCUT2D eigenvalue weighted by Gasteiger charge is -2.18. The molecule has 1 unspecified atom stereocenters. The molecule has 104 valence electrons. The number of aliphatic hydroxyl groups excluding tert-OH is 1. The Bertz CT molecular complexity index is 398. The van der Waals surface area contributed by atoms with Gasteiger partial charge in [-0.05, 0) is 12.8 Å². The Morgan fingerprint density at radius 2 is 1.94 bits per heavy atom. The third-order valence-corrected chi connectivity index (χ3v) is 5.14. The van der Waals surface area contributed by atoms with Crippen LogP contribution in [-0.2, 0) is 14.2 Å². The molecule has 1 saturated carbocycles. The molecule has 0 spiro atoms. The van der Waals surface area contributed by atoms with E-state index in [-0.39, 0.29) is 12.8 Å². The first-order valence-electron chi connectivity index (χ1n) is 5.37. The summed E-state index contributed by atoms with van der Waals surface area (Å²) in [5.41, 5.74) is 5.18. The van der Waals surface area contributed by atoms with Gasteiger partial charge in [0.05, 0.1) is 5.92 Å². The molecule has 1 rings (SSSR count). The number of carboxylic acids is 2. The zero-order valence-corrected chi connectivity index (χ0v) is 10.4. The summed E-state index contributed by atoms with van der Waals surface area (Å²) in [5, 5.41) is 26.8. The van der Waals surface area contributed by atoms with Crippen LogP contribution < -0.4 is 5.73 Å². The largest absolute Gasteiger partial charge is 0.481 e. The van der Waals surface area contributed by atoms with Gasteiger partial charge in [0.15, 0.2) is 0 Å². The molecule has 1 fully saturated rings. The molecule has 8 nitrogen and oxygen atoms in total. The van der Waals surface area contributed by atoms with Crippen LogP contribution >= 0.6 is 7.37 Å². The highest BCUT2D eigenvalue weighted by molar-refractivity contribution is 7.58. The predicted molar refractivity (Wildman–Crippen MR) is 60.2 cm³/mol. The Morgan fingerprint density at radius 3 is 2.33 bits per heavy atom. The zero-order valence-electron chi connectivity index (χ0n) is 9.47. The monoisotopic (exact) mass is 281 g/mol. The second kappa shape index (κ2) is 5.36. The van der Waals surface area contributed by atoms with Gasteiger partial charge in [-0.15, -0.1) is 0 Å². The summed E-state index contributed by atoms with van der Waals surface area (Å²) in [5.74, 6) is -5.56. The summed E-state index contributed by atoms with van der Waals surface area (Å²) in [6.45, 7) is 0. The molecular formula is C9H16NO7P. The molecule has 1 aliphatic carbocycles. The maximum Gasteiger partial charge on any atom is 0.320 e. The van der Waals surface area contributed by atoms with Gasteiger partial charge in [0.2, 0.25) is 7.37 Å². The standard InChI is InChI=1S/C9H16NO7P/c10-6(8(13)14)1-2-18(16,17)9(15)5-3-4(5)7(11)12/h4-6,9,15H,1-3,10H2,(H,11,12)(H,13,14)(H,16,17)/t4-,5-,6+,9-/m1/s1. The van der Waals surface area contributed by atoms with Gasteiger partial charge in [-0.3, -0.25) is 14.2 Å². The number of carbonyl (C=O) groups is 2. The lowest BCUT2D eigenvalue weighted by atomic mass is 10.2. The van der Waals surface area contributed by atoms with Crippen LogP contribution in [0.4, 0.5) is 0 Å². The highest BCUT2D eigenvalue weighted by Gasteiger charge is 2.53. The Balaban J connectivity index is 2.51. The van der Waals surface area contributed by atoms with E-state index in [4.69, 9.17) is 15.9 Å². The highest BCUT2D eigenvalue weighted by Crippen LogP contribution is 2.57. The molecule has 0 bridgehead atoms. The van der Waals surface area contributed by atoms with Crippen molar-refractivity contribution in [2.45, 2.75) is 24.7 Å². The SMILES string of the molecule is N[C@@H](CCP(=O)(O)[C@@H](O)[C@@H]1C[C@H]1C(=O)O)C(=O)O. The summed E-state index contributed by atoms with van der Waals surface area (Å²) < 4.78 is 11.8. The first-order chi connectivity index (χ1) is 8.16. The van der Waals surface area contributed by atoms with E-state index in [0.717, 1.165) is 0 Å². The van der Waals surface area contributed by atoms with Crippen LogP contribution in [0.2, 0.25) is 0 Å². The second-order valence-electron chi connectivity index (χ2n) is 4.47. The number of hydrogen-bond donors (Lipinski definition) is 5. The molecule has 0 aliphatic heterocycles. The third kappa shape index (κ3) is 3.52. The fraction of sp³-hybridized carbons (Fsp3) is 0.778. The number of carboxylic acid groups (broad SMARTS) is 2. The van der Waals surface area contributed by atoms with E-state index in [1.165, 1.54) is 0 Å². The quantitative estimate of drug-likeness (QED) is 0.375. The Labute approximate surface area is 103 Å². The first-order valence-corrected chi connectivity index (χ1v) is 7.29. The average molecular weight is 281 g/mol. The van der Waals surface area contributed by atoms with Crippen molar-refractivity contribution in [2.75, 3.05) is 6.16 Å². The summed E-state index contributed by atoms with van der Waals surface area (Å²) >= 11 is 0. The van der Waals surface area contributed by atoms with Crippen LogP contribution in [0.25, 0.3) is 0 Å². The minimum Gasteiger partial charge on any atom is -0.481 e. The minimum atomic E-state index is -4.00. The van der Waals surface area contributed by atoms with Gasteiger partial charge < -0.3 is 25.9 Å². The lowest BCUT2D eigenvalue weighted by Crippen LogP contribution is -2.31. The summed E-state index contributed by atoms with van der Waals surface area (Å²) in [6, 6.07) is -1.27. The van der Waals surface area contributed by atoms with E-state index in [9.17, 15) is 24.2 Å². The number of aliphatic hydroxyl groups is 1. The van der Waals surface area contributed by atoms with Gasteiger partial charge in [-0.1, -0.05) is 0 Å². The van der Waals surface area contributed by atoms with E-state index in [0.29, 0.717) is 0 Å². The minimum absolute atomic E-state index is 0.159. The number of aliphatic carboxylic acids is 2. The fourth-order valence-corrected chi connectivity index (χ4v) is 3.55. The summed E-state index contributed by atoms with van der Waals surface area (Å²) in [7, 11) is -4.00. The van der Waals surface area contributed by atoms with E-state index in [2.05, 4.69) is 0 Å². The lowest BCUT2D eigenvalue weighted by molar-refractivity contribution is -0.139. The van der Waals surface area contributed by atoms with Crippen LogP contribution in [0.3, 0.4) is 0 Å². The van der Waals surface area contributed by atoms with E-state index < -0.39 is 49.2 Å².